The fourth-order valence-corrected chi connectivity index (χ4v) is 2.80. The molecular weight excluding hydrogens is 361 g/mol. The van der Waals surface area contributed by atoms with Crippen molar-refractivity contribution in [3.8, 4) is 11.5 Å². The number of nitrogens with one attached hydrogen (secondary N) is 1. The fourth-order valence-electron chi connectivity index (χ4n) is 2.37. The summed E-state index contributed by atoms with van der Waals surface area (Å²) < 4.78 is 11.3. The number of hydrogen-bond acceptors (Lipinski definition) is 4. The molecule has 0 saturated heterocycles. The predicted octanol–water partition coefficient (Wildman–Crippen LogP) is 4.44. The van der Waals surface area contributed by atoms with Gasteiger partial charge in [-0.2, -0.15) is 0 Å². The van der Waals surface area contributed by atoms with Gasteiger partial charge in [-0.25, -0.2) is 0 Å². The Morgan fingerprint density at radius 3 is 2.60 bits per heavy atom. The summed E-state index contributed by atoms with van der Waals surface area (Å²) in [6.45, 7) is 3.02. The van der Waals surface area contributed by atoms with E-state index in [0.717, 1.165) is 17.5 Å². The normalized spacial score (nSPS) is 12.0. The van der Waals surface area contributed by atoms with Crippen LogP contribution in [0.1, 0.15) is 24.5 Å². The standard InChI is InChI=1S/C19H23Cl2NO3/c1-3-16(11-23)22-10-14-8-18(24-2)19(9-17(14)21)25-12-13-5-4-6-15(20)7-13/h4-9,16,22-23H,3,10-12H2,1-2H3. The highest BCUT2D eigenvalue weighted by molar-refractivity contribution is 6.31. The van der Waals surface area contributed by atoms with E-state index in [1.54, 1.807) is 13.2 Å². The van der Waals surface area contributed by atoms with E-state index in [-0.39, 0.29) is 12.6 Å². The molecule has 6 heteroatoms. The molecule has 0 saturated carbocycles. The molecule has 4 nitrogen and oxygen atoms in total. The van der Waals surface area contributed by atoms with Crippen LogP contribution >= 0.6 is 23.2 Å². The van der Waals surface area contributed by atoms with Crippen LogP contribution in [0, 0.1) is 0 Å². The SMILES string of the molecule is CCC(CO)NCc1cc(OC)c(OCc2cccc(Cl)c2)cc1Cl. The lowest BCUT2D eigenvalue weighted by molar-refractivity contribution is 0.238. The van der Waals surface area contributed by atoms with Crippen molar-refractivity contribution in [1.29, 1.82) is 0 Å². The summed E-state index contributed by atoms with van der Waals surface area (Å²) in [7, 11) is 1.59. The summed E-state index contributed by atoms with van der Waals surface area (Å²) in [5, 5.41) is 13.8. The van der Waals surface area contributed by atoms with Crippen LogP contribution in [0.25, 0.3) is 0 Å². The fraction of sp³-hybridized carbons (Fsp3) is 0.368. The number of halogens is 2. The molecule has 0 aliphatic heterocycles. The monoisotopic (exact) mass is 383 g/mol. The van der Waals surface area contributed by atoms with Crippen molar-refractivity contribution in [2.75, 3.05) is 13.7 Å². The lowest BCUT2D eigenvalue weighted by Gasteiger charge is -2.17. The van der Waals surface area contributed by atoms with Gasteiger partial charge in [-0.3, -0.25) is 0 Å². The number of hydrogen-bond donors (Lipinski definition) is 2. The van der Waals surface area contributed by atoms with Crippen molar-refractivity contribution in [2.45, 2.75) is 32.5 Å². The maximum absolute atomic E-state index is 9.27. The Labute approximate surface area is 158 Å². The Balaban J connectivity index is 2.10. The zero-order chi connectivity index (χ0) is 18.2. The van der Waals surface area contributed by atoms with Gasteiger partial charge in [0.25, 0.3) is 0 Å². The summed E-state index contributed by atoms with van der Waals surface area (Å²) in [6.07, 6.45) is 0.839. The molecule has 2 aromatic rings. The predicted molar refractivity (Wildman–Crippen MR) is 102 cm³/mol. The van der Waals surface area contributed by atoms with Gasteiger partial charge < -0.3 is 19.9 Å². The molecule has 2 rings (SSSR count). The second kappa shape index (κ2) is 9.88. The van der Waals surface area contributed by atoms with Crippen LogP contribution in [0.3, 0.4) is 0 Å². The van der Waals surface area contributed by atoms with Crippen LogP contribution < -0.4 is 14.8 Å². The lowest BCUT2D eigenvalue weighted by Crippen LogP contribution is -2.31. The van der Waals surface area contributed by atoms with Crippen LogP contribution in [0.15, 0.2) is 36.4 Å². The zero-order valence-corrected chi connectivity index (χ0v) is 15.9. The summed E-state index contributed by atoms with van der Waals surface area (Å²) in [4.78, 5) is 0. The Kier molecular flexibility index (Phi) is 7.85. The molecule has 2 N–H and O–H groups in total. The number of rotatable bonds is 9. The van der Waals surface area contributed by atoms with Crippen LogP contribution in [0.5, 0.6) is 11.5 Å². The minimum absolute atomic E-state index is 0.0424. The van der Waals surface area contributed by atoms with E-state index in [1.807, 2.05) is 37.3 Å². The molecule has 0 fully saturated rings. The molecule has 0 heterocycles. The van der Waals surface area contributed by atoms with Gasteiger partial charge in [0.2, 0.25) is 0 Å². The number of benzene rings is 2. The van der Waals surface area contributed by atoms with Crippen LogP contribution in [0.4, 0.5) is 0 Å². The maximum Gasteiger partial charge on any atom is 0.163 e. The quantitative estimate of drug-likeness (QED) is 0.671. The molecule has 0 aliphatic rings. The first kappa shape index (κ1) is 19.9. The van der Waals surface area contributed by atoms with Gasteiger partial charge in [-0.05, 0) is 35.7 Å². The number of aliphatic hydroxyl groups is 1. The minimum atomic E-state index is 0.0424. The summed E-state index contributed by atoms with van der Waals surface area (Å²) in [5.74, 6) is 1.19. The molecule has 2 aromatic carbocycles. The van der Waals surface area contributed by atoms with Crippen molar-refractivity contribution in [3.05, 3.63) is 57.6 Å². The first-order valence-corrected chi connectivity index (χ1v) is 8.90. The Morgan fingerprint density at radius 2 is 1.96 bits per heavy atom. The average Bonchev–Trinajstić information content (AvgIpc) is 2.62. The van der Waals surface area contributed by atoms with Crippen molar-refractivity contribution in [1.82, 2.24) is 5.32 Å². The number of aliphatic hydroxyl groups excluding tert-OH is 1. The van der Waals surface area contributed by atoms with E-state index in [2.05, 4.69) is 5.32 Å². The molecule has 0 spiro atoms. The van der Waals surface area contributed by atoms with E-state index < -0.39 is 0 Å². The largest absolute Gasteiger partial charge is 0.493 e. The van der Waals surface area contributed by atoms with Crippen molar-refractivity contribution in [2.24, 2.45) is 0 Å². The van der Waals surface area contributed by atoms with Gasteiger partial charge in [-0.1, -0.05) is 42.3 Å². The molecule has 0 radical (unpaired) electrons. The van der Waals surface area contributed by atoms with Crippen molar-refractivity contribution < 1.29 is 14.6 Å². The van der Waals surface area contributed by atoms with Gasteiger partial charge in [0.05, 0.1) is 13.7 Å². The minimum Gasteiger partial charge on any atom is -0.493 e. The molecular formula is C19H23Cl2NO3. The van der Waals surface area contributed by atoms with Gasteiger partial charge in [0.1, 0.15) is 6.61 Å². The van der Waals surface area contributed by atoms with Crippen LogP contribution in [-0.4, -0.2) is 24.9 Å². The van der Waals surface area contributed by atoms with Crippen LogP contribution in [0.2, 0.25) is 10.0 Å². The highest BCUT2D eigenvalue weighted by Crippen LogP contribution is 2.34. The third-order valence-corrected chi connectivity index (χ3v) is 4.50. The first-order chi connectivity index (χ1) is 12.1. The van der Waals surface area contributed by atoms with E-state index in [1.165, 1.54) is 0 Å². The van der Waals surface area contributed by atoms with Crippen molar-refractivity contribution >= 4 is 23.2 Å². The highest BCUT2D eigenvalue weighted by atomic mass is 35.5. The molecule has 1 atom stereocenters. The summed E-state index contributed by atoms with van der Waals surface area (Å²) in [5.41, 5.74) is 1.85. The molecule has 25 heavy (non-hydrogen) atoms. The van der Waals surface area contributed by atoms with E-state index in [4.69, 9.17) is 32.7 Å². The van der Waals surface area contributed by atoms with E-state index in [0.29, 0.717) is 34.7 Å². The van der Waals surface area contributed by atoms with Crippen LogP contribution in [-0.2, 0) is 13.2 Å². The Morgan fingerprint density at radius 1 is 1.16 bits per heavy atom. The number of methoxy groups -OCH3 is 1. The summed E-state index contributed by atoms with van der Waals surface area (Å²) >= 11 is 12.4. The smallest absolute Gasteiger partial charge is 0.163 e. The molecule has 0 bridgehead atoms. The third-order valence-electron chi connectivity index (χ3n) is 3.91. The van der Waals surface area contributed by atoms with Gasteiger partial charge in [-0.15, -0.1) is 0 Å². The Bertz CT molecular complexity index is 690. The Hall–Kier alpha value is -1.46. The molecule has 1 unspecified atom stereocenters. The number of ether oxygens (including phenoxy) is 2. The molecule has 0 aromatic heterocycles. The van der Waals surface area contributed by atoms with Crippen molar-refractivity contribution in [3.63, 3.8) is 0 Å². The van der Waals surface area contributed by atoms with Gasteiger partial charge >= 0.3 is 0 Å². The second-order valence-electron chi connectivity index (χ2n) is 5.68. The zero-order valence-electron chi connectivity index (χ0n) is 14.4. The average molecular weight is 384 g/mol. The van der Waals surface area contributed by atoms with E-state index in [9.17, 15) is 5.11 Å². The third kappa shape index (κ3) is 5.79. The second-order valence-corrected chi connectivity index (χ2v) is 6.53. The lowest BCUT2D eigenvalue weighted by atomic mass is 10.1. The first-order valence-electron chi connectivity index (χ1n) is 8.15. The molecule has 136 valence electrons. The molecule has 0 aliphatic carbocycles. The maximum atomic E-state index is 9.27. The van der Waals surface area contributed by atoms with Gasteiger partial charge in [0.15, 0.2) is 11.5 Å². The summed E-state index contributed by atoms with van der Waals surface area (Å²) in [6, 6.07) is 11.1. The molecule has 0 amide bonds. The van der Waals surface area contributed by atoms with Gasteiger partial charge in [0, 0.05) is 28.7 Å². The topological polar surface area (TPSA) is 50.7 Å². The van der Waals surface area contributed by atoms with E-state index >= 15 is 0 Å². The highest BCUT2D eigenvalue weighted by Gasteiger charge is 2.12.